The van der Waals surface area contributed by atoms with Crippen molar-refractivity contribution in [2.45, 2.75) is 31.3 Å². The Morgan fingerprint density at radius 1 is 1.53 bits per heavy atom. The zero-order valence-electron chi connectivity index (χ0n) is 8.83. The molecule has 1 fully saturated rings. The Kier molecular flexibility index (Phi) is 2.75. The molecule has 0 atom stereocenters. The lowest BCUT2D eigenvalue weighted by molar-refractivity contribution is 0.0219. The molecule has 15 heavy (non-hydrogen) atoms. The second kappa shape index (κ2) is 3.78. The number of aliphatic hydroxyl groups is 1. The van der Waals surface area contributed by atoms with Crippen molar-refractivity contribution >= 4 is 11.6 Å². The summed E-state index contributed by atoms with van der Waals surface area (Å²) in [4.78, 5) is 0. The van der Waals surface area contributed by atoms with E-state index in [1.807, 2.05) is 25.1 Å². The predicted octanol–water partition coefficient (Wildman–Crippen LogP) is 2.00. The van der Waals surface area contributed by atoms with Gasteiger partial charge in [0.2, 0.25) is 0 Å². The summed E-state index contributed by atoms with van der Waals surface area (Å²) in [5, 5.41) is 10.2. The van der Waals surface area contributed by atoms with Crippen LogP contribution in [0.5, 0.6) is 0 Å². The molecule has 82 valence electrons. The molecule has 0 amide bonds. The first kappa shape index (κ1) is 10.9. The molecule has 1 aromatic carbocycles. The van der Waals surface area contributed by atoms with Gasteiger partial charge in [-0.2, -0.15) is 0 Å². The van der Waals surface area contributed by atoms with Crippen LogP contribution >= 0.6 is 11.6 Å². The van der Waals surface area contributed by atoms with Crippen LogP contribution in [0.25, 0.3) is 0 Å². The summed E-state index contributed by atoms with van der Waals surface area (Å²) >= 11 is 5.92. The summed E-state index contributed by atoms with van der Waals surface area (Å²) in [5.74, 6) is 0. The largest absolute Gasteiger partial charge is 0.393 e. The average Bonchev–Trinajstić information content (AvgIpc) is 2.13. The molecule has 0 spiro atoms. The highest BCUT2D eigenvalue weighted by molar-refractivity contribution is 6.30. The van der Waals surface area contributed by atoms with Crippen molar-refractivity contribution in [1.82, 2.24) is 0 Å². The maximum atomic E-state index is 9.44. The lowest BCUT2D eigenvalue weighted by Crippen LogP contribution is -2.50. The fourth-order valence-electron chi connectivity index (χ4n) is 2.56. The molecule has 0 unspecified atom stereocenters. The predicted molar refractivity (Wildman–Crippen MR) is 62.2 cm³/mol. The quantitative estimate of drug-likeness (QED) is 0.809. The summed E-state index contributed by atoms with van der Waals surface area (Å²) in [6.07, 6.45) is 1.35. The van der Waals surface area contributed by atoms with E-state index in [-0.39, 0.29) is 11.5 Å². The van der Waals surface area contributed by atoms with Crippen LogP contribution in [0.15, 0.2) is 18.2 Å². The fraction of sp³-hybridized carbons (Fsp3) is 0.500. The van der Waals surface area contributed by atoms with Crippen molar-refractivity contribution in [2.75, 3.05) is 6.54 Å². The van der Waals surface area contributed by atoms with Crippen molar-refractivity contribution in [3.05, 3.63) is 34.3 Å². The Bertz CT molecular complexity index is 372. The van der Waals surface area contributed by atoms with Crippen LogP contribution in [0.1, 0.15) is 24.0 Å². The minimum atomic E-state index is -0.191. The third kappa shape index (κ3) is 1.78. The molecule has 1 aliphatic carbocycles. The van der Waals surface area contributed by atoms with Crippen molar-refractivity contribution in [3.8, 4) is 0 Å². The van der Waals surface area contributed by atoms with Gasteiger partial charge < -0.3 is 10.8 Å². The smallest absolute Gasteiger partial charge is 0.0558 e. The van der Waals surface area contributed by atoms with E-state index in [0.29, 0.717) is 6.54 Å². The van der Waals surface area contributed by atoms with Gasteiger partial charge in [-0.05, 0) is 43.0 Å². The Hall–Kier alpha value is -0.570. The number of aliphatic hydroxyl groups excluding tert-OH is 1. The Balaban J connectivity index is 2.36. The van der Waals surface area contributed by atoms with Gasteiger partial charge >= 0.3 is 0 Å². The van der Waals surface area contributed by atoms with E-state index in [2.05, 4.69) is 0 Å². The summed E-state index contributed by atoms with van der Waals surface area (Å²) in [6.45, 7) is 2.63. The van der Waals surface area contributed by atoms with Gasteiger partial charge in [0, 0.05) is 17.0 Å². The monoisotopic (exact) mass is 225 g/mol. The van der Waals surface area contributed by atoms with Crippen LogP contribution in [-0.4, -0.2) is 17.8 Å². The Labute approximate surface area is 95.1 Å². The van der Waals surface area contributed by atoms with Crippen molar-refractivity contribution in [1.29, 1.82) is 0 Å². The van der Waals surface area contributed by atoms with Gasteiger partial charge in [-0.15, -0.1) is 0 Å². The van der Waals surface area contributed by atoms with Gasteiger partial charge in [0.25, 0.3) is 0 Å². The maximum absolute atomic E-state index is 9.44. The van der Waals surface area contributed by atoms with Crippen LogP contribution in [-0.2, 0) is 5.41 Å². The van der Waals surface area contributed by atoms with Crippen LogP contribution in [0.3, 0.4) is 0 Å². The lowest BCUT2D eigenvalue weighted by Gasteiger charge is -2.46. The van der Waals surface area contributed by atoms with E-state index in [1.54, 1.807) is 0 Å². The van der Waals surface area contributed by atoms with Crippen LogP contribution in [0.4, 0.5) is 0 Å². The summed E-state index contributed by atoms with van der Waals surface area (Å²) in [7, 11) is 0. The van der Waals surface area contributed by atoms with Gasteiger partial charge in [0.1, 0.15) is 0 Å². The second-order valence-corrected chi connectivity index (χ2v) is 4.94. The highest BCUT2D eigenvalue weighted by Gasteiger charge is 2.44. The van der Waals surface area contributed by atoms with E-state index in [0.717, 1.165) is 17.9 Å². The normalized spacial score (nSPS) is 30.0. The molecule has 2 rings (SSSR count). The molecule has 0 aliphatic heterocycles. The molecule has 3 N–H and O–H groups in total. The third-order valence-electron chi connectivity index (χ3n) is 3.40. The standard InChI is InChI=1S/C12H16ClNO/c1-8-4-9(13)2-3-11(8)12(7-14)5-10(15)6-12/h2-4,10,15H,5-7,14H2,1H3. The summed E-state index contributed by atoms with van der Waals surface area (Å²) < 4.78 is 0. The number of hydrogen-bond acceptors (Lipinski definition) is 2. The van der Waals surface area contributed by atoms with Gasteiger partial charge in [0.05, 0.1) is 6.10 Å². The van der Waals surface area contributed by atoms with E-state index in [1.165, 1.54) is 11.1 Å². The van der Waals surface area contributed by atoms with E-state index in [4.69, 9.17) is 17.3 Å². The minimum Gasteiger partial charge on any atom is -0.393 e. The summed E-state index contributed by atoms with van der Waals surface area (Å²) in [5.41, 5.74) is 8.21. The molecule has 1 saturated carbocycles. The molecule has 0 saturated heterocycles. The van der Waals surface area contributed by atoms with Crippen molar-refractivity contribution in [2.24, 2.45) is 5.73 Å². The molecule has 1 aromatic rings. The van der Waals surface area contributed by atoms with E-state index < -0.39 is 0 Å². The topological polar surface area (TPSA) is 46.2 Å². The van der Waals surface area contributed by atoms with Gasteiger partial charge in [0.15, 0.2) is 0 Å². The Morgan fingerprint density at radius 2 is 2.20 bits per heavy atom. The number of rotatable bonds is 2. The average molecular weight is 226 g/mol. The molecule has 0 heterocycles. The highest BCUT2D eigenvalue weighted by Crippen LogP contribution is 2.44. The van der Waals surface area contributed by atoms with Crippen LogP contribution in [0, 0.1) is 6.92 Å². The first-order valence-corrected chi connectivity index (χ1v) is 5.60. The molecule has 0 bridgehead atoms. The van der Waals surface area contributed by atoms with Crippen LogP contribution < -0.4 is 5.73 Å². The zero-order valence-corrected chi connectivity index (χ0v) is 9.59. The number of nitrogens with two attached hydrogens (primary N) is 1. The minimum absolute atomic E-state index is 0.0198. The molecular formula is C12H16ClNO. The first-order valence-electron chi connectivity index (χ1n) is 5.22. The van der Waals surface area contributed by atoms with Crippen LogP contribution in [0.2, 0.25) is 5.02 Å². The molecule has 3 heteroatoms. The first-order chi connectivity index (χ1) is 7.07. The van der Waals surface area contributed by atoms with Gasteiger partial charge in [-0.3, -0.25) is 0 Å². The highest BCUT2D eigenvalue weighted by atomic mass is 35.5. The van der Waals surface area contributed by atoms with Crippen molar-refractivity contribution in [3.63, 3.8) is 0 Å². The van der Waals surface area contributed by atoms with Gasteiger partial charge in [-0.25, -0.2) is 0 Å². The maximum Gasteiger partial charge on any atom is 0.0558 e. The number of halogens is 1. The summed E-state index contributed by atoms with van der Waals surface area (Å²) in [6, 6.07) is 5.89. The SMILES string of the molecule is Cc1cc(Cl)ccc1C1(CN)CC(O)C1. The molecule has 2 nitrogen and oxygen atoms in total. The number of hydrogen-bond donors (Lipinski definition) is 2. The lowest BCUT2D eigenvalue weighted by atomic mass is 9.62. The molecule has 0 aromatic heterocycles. The Morgan fingerprint density at radius 3 is 2.67 bits per heavy atom. The van der Waals surface area contributed by atoms with Gasteiger partial charge in [-0.1, -0.05) is 17.7 Å². The third-order valence-corrected chi connectivity index (χ3v) is 3.64. The fourth-order valence-corrected chi connectivity index (χ4v) is 2.79. The van der Waals surface area contributed by atoms with E-state index in [9.17, 15) is 5.11 Å². The van der Waals surface area contributed by atoms with Crippen molar-refractivity contribution < 1.29 is 5.11 Å². The number of aryl methyl sites for hydroxylation is 1. The van der Waals surface area contributed by atoms with E-state index >= 15 is 0 Å². The second-order valence-electron chi connectivity index (χ2n) is 4.51. The molecular weight excluding hydrogens is 210 g/mol. The number of benzene rings is 1. The molecule has 0 radical (unpaired) electrons. The zero-order chi connectivity index (χ0) is 11.1. The molecule has 1 aliphatic rings.